The third kappa shape index (κ3) is 18.0. The van der Waals surface area contributed by atoms with Gasteiger partial charge in [0.25, 0.3) is 0 Å². The lowest BCUT2D eigenvalue weighted by atomic mass is 9.80. The third-order valence-electron chi connectivity index (χ3n) is 12.7. The van der Waals surface area contributed by atoms with E-state index < -0.39 is 11.6 Å². The van der Waals surface area contributed by atoms with E-state index in [2.05, 4.69) is 12.2 Å². The number of nitrogens with two attached hydrogens (primary N) is 1. The third-order valence-corrected chi connectivity index (χ3v) is 12.7. The zero-order valence-electron chi connectivity index (χ0n) is 39.7. The highest BCUT2D eigenvalue weighted by molar-refractivity contribution is 5.88. The number of piperidine rings is 1. The summed E-state index contributed by atoms with van der Waals surface area (Å²) in [6.07, 6.45) is 18.0. The number of benzene rings is 3. The highest BCUT2D eigenvalue weighted by Crippen LogP contribution is 2.42. The Morgan fingerprint density at radius 3 is 1.71 bits per heavy atom. The highest BCUT2D eigenvalue weighted by atomic mass is 16.5. The fraction of sp³-hybridized carbons (Fsp3) is 0.604. The molecule has 360 valence electrons. The van der Waals surface area contributed by atoms with Crippen molar-refractivity contribution in [2.45, 2.75) is 128 Å². The second kappa shape index (κ2) is 30.7. The first-order valence-corrected chi connectivity index (χ1v) is 24.4. The summed E-state index contributed by atoms with van der Waals surface area (Å²) in [5.41, 5.74) is 6.97. The maximum Gasteiger partial charge on any atom is 0.247 e. The topological polar surface area (TPSA) is 159 Å². The molecule has 0 aromatic heterocycles. The first kappa shape index (κ1) is 53.1. The van der Waals surface area contributed by atoms with Crippen LogP contribution >= 0.6 is 0 Å². The molecule has 1 saturated heterocycles. The fourth-order valence-corrected chi connectivity index (χ4v) is 8.65. The van der Waals surface area contributed by atoms with E-state index in [9.17, 15) is 19.5 Å². The Hall–Kier alpha value is -4.49. The summed E-state index contributed by atoms with van der Waals surface area (Å²) in [6.45, 7) is 4.28. The molecule has 4 N–H and O–H groups in total. The van der Waals surface area contributed by atoms with Gasteiger partial charge in [0, 0.05) is 38.6 Å². The Balaban J connectivity index is 1.30. The maximum atomic E-state index is 14.3. The van der Waals surface area contributed by atoms with E-state index in [4.69, 9.17) is 29.4 Å². The normalized spacial score (nSPS) is 14.2. The zero-order chi connectivity index (χ0) is 46.5. The van der Waals surface area contributed by atoms with E-state index in [-0.39, 0.29) is 62.4 Å². The predicted octanol–water partition coefficient (Wildman–Crippen LogP) is 8.73. The van der Waals surface area contributed by atoms with Gasteiger partial charge in [-0.2, -0.15) is 0 Å². The summed E-state index contributed by atoms with van der Waals surface area (Å²) in [4.78, 5) is 41.7. The molecule has 1 aliphatic rings. The van der Waals surface area contributed by atoms with Crippen LogP contribution in [0.2, 0.25) is 0 Å². The molecule has 3 amide bonds. The Labute approximate surface area is 389 Å². The summed E-state index contributed by atoms with van der Waals surface area (Å²) in [6, 6.07) is 24.1. The minimum atomic E-state index is -1.19. The van der Waals surface area contributed by atoms with E-state index in [0.717, 1.165) is 36.0 Å². The van der Waals surface area contributed by atoms with Gasteiger partial charge in [-0.15, -0.1) is 0 Å². The zero-order valence-corrected chi connectivity index (χ0v) is 39.7. The summed E-state index contributed by atoms with van der Waals surface area (Å²) < 4.78 is 29.6. The number of carbonyl (C=O) groups is 3. The van der Waals surface area contributed by atoms with Gasteiger partial charge in [0.15, 0.2) is 0 Å². The van der Waals surface area contributed by atoms with E-state index in [0.29, 0.717) is 57.1 Å². The standard InChI is InChI=1S/C53H79N3O9/c1-4-5-6-7-8-9-10-11-12-13-14-16-19-43(51(54)59)32-36-63-38-39-64-37-33-50(58)55-49(52(60)56-34-30-42(40-57)31-35-56)41-65-53(44-20-17-15-18-21-44,45-22-26-47(61-2)27-23-45)46-24-28-48(62-3)29-25-46/h15,17-18,20-29,42-43,49,57H,4-14,16,19,30-41H2,1-3H3,(H2,54,59)(H,55,58)/t43?,49-/m0/s1. The molecule has 0 radical (unpaired) electrons. The number of likely N-dealkylation sites (tertiary alicyclic amines) is 1. The molecule has 12 nitrogen and oxygen atoms in total. The molecule has 1 fully saturated rings. The molecular formula is C53H79N3O9. The number of methoxy groups -OCH3 is 2. The van der Waals surface area contributed by atoms with Crippen molar-refractivity contribution >= 4 is 17.7 Å². The van der Waals surface area contributed by atoms with Crippen molar-refractivity contribution in [3.63, 3.8) is 0 Å². The van der Waals surface area contributed by atoms with E-state index in [1.807, 2.05) is 78.9 Å². The number of hydrogen-bond acceptors (Lipinski definition) is 9. The minimum absolute atomic E-state index is 0.0277. The van der Waals surface area contributed by atoms with Crippen molar-refractivity contribution in [3.05, 3.63) is 95.6 Å². The second-order valence-electron chi connectivity index (χ2n) is 17.4. The number of aliphatic hydroxyl groups is 1. The summed E-state index contributed by atoms with van der Waals surface area (Å²) in [7, 11) is 3.23. The van der Waals surface area contributed by atoms with Gasteiger partial charge in [-0.1, -0.05) is 139 Å². The van der Waals surface area contributed by atoms with Crippen molar-refractivity contribution in [3.8, 4) is 11.5 Å². The van der Waals surface area contributed by atoms with Crippen LogP contribution in [0, 0.1) is 11.8 Å². The molecule has 0 spiro atoms. The van der Waals surface area contributed by atoms with Crippen LogP contribution in [0.15, 0.2) is 78.9 Å². The molecule has 1 unspecified atom stereocenters. The van der Waals surface area contributed by atoms with Gasteiger partial charge in [-0.05, 0) is 72.6 Å². The molecule has 1 heterocycles. The van der Waals surface area contributed by atoms with Crippen molar-refractivity contribution in [1.82, 2.24) is 10.2 Å². The van der Waals surface area contributed by atoms with Crippen molar-refractivity contribution in [2.75, 3.05) is 67.0 Å². The quantitative estimate of drug-likeness (QED) is 0.0394. The van der Waals surface area contributed by atoms with Crippen LogP contribution in [0.1, 0.15) is 133 Å². The number of hydrogen-bond donors (Lipinski definition) is 3. The number of nitrogens with one attached hydrogen (secondary N) is 1. The van der Waals surface area contributed by atoms with Crippen LogP contribution in [0.5, 0.6) is 11.5 Å². The van der Waals surface area contributed by atoms with Crippen molar-refractivity contribution in [1.29, 1.82) is 0 Å². The molecule has 65 heavy (non-hydrogen) atoms. The summed E-state index contributed by atoms with van der Waals surface area (Å²) in [5, 5.41) is 12.7. The van der Waals surface area contributed by atoms with Crippen molar-refractivity contribution in [2.24, 2.45) is 17.6 Å². The summed E-state index contributed by atoms with van der Waals surface area (Å²) >= 11 is 0. The number of primary amides is 1. The highest BCUT2D eigenvalue weighted by Gasteiger charge is 2.40. The maximum absolute atomic E-state index is 14.3. The molecule has 12 heteroatoms. The Bertz CT molecular complexity index is 1700. The van der Waals surface area contributed by atoms with Gasteiger partial charge in [-0.25, -0.2) is 0 Å². The van der Waals surface area contributed by atoms with Gasteiger partial charge < -0.3 is 44.7 Å². The molecular weight excluding hydrogens is 823 g/mol. The fourth-order valence-electron chi connectivity index (χ4n) is 8.65. The Morgan fingerprint density at radius 2 is 1.20 bits per heavy atom. The van der Waals surface area contributed by atoms with Crippen LogP contribution in [-0.4, -0.2) is 101 Å². The smallest absolute Gasteiger partial charge is 0.247 e. The minimum Gasteiger partial charge on any atom is -0.497 e. The number of nitrogens with zero attached hydrogens (tertiary/aromatic N) is 1. The van der Waals surface area contributed by atoms with E-state index in [1.54, 1.807) is 19.1 Å². The SMILES string of the molecule is CCCCCCCCCCCCCCC(CCOCCOCCC(=O)N[C@@H](COC(c1ccccc1)(c1ccc(OC)cc1)c1ccc(OC)cc1)C(=O)N1CCC(CO)CC1)C(N)=O. The van der Waals surface area contributed by atoms with Crippen LogP contribution in [0.4, 0.5) is 0 Å². The molecule has 1 aliphatic heterocycles. The number of unbranched alkanes of at least 4 members (excludes halogenated alkanes) is 11. The van der Waals surface area contributed by atoms with Gasteiger partial charge in [-0.3, -0.25) is 14.4 Å². The number of carbonyl (C=O) groups excluding carboxylic acids is 3. The average molecular weight is 902 g/mol. The number of amides is 3. The summed E-state index contributed by atoms with van der Waals surface area (Å²) in [5.74, 6) is 0.430. The Morgan fingerprint density at radius 1 is 0.692 bits per heavy atom. The number of aliphatic hydroxyl groups excluding tert-OH is 1. The predicted molar refractivity (Wildman–Crippen MR) is 256 cm³/mol. The molecule has 3 aromatic carbocycles. The number of rotatable bonds is 34. The lowest BCUT2D eigenvalue weighted by molar-refractivity contribution is -0.141. The van der Waals surface area contributed by atoms with Crippen molar-refractivity contribution < 1.29 is 43.2 Å². The van der Waals surface area contributed by atoms with Gasteiger partial charge in [0.1, 0.15) is 23.1 Å². The van der Waals surface area contributed by atoms with Gasteiger partial charge in [0.2, 0.25) is 17.7 Å². The van der Waals surface area contributed by atoms with Crippen LogP contribution in [0.3, 0.4) is 0 Å². The lowest BCUT2D eigenvalue weighted by Gasteiger charge is -2.38. The lowest BCUT2D eigenvalue weighted by Crippen LogP contribution is -2.54. The average Bonchev–Trinajstić information content (AvgIpc) is 3.34. The molecule has 3 aromatic rings. The van der Waals surface area contributed by atoms with E-state index >= 15 is 0 Å². The molecule has 0 aliphatic carbocycles. The van der Waals surface area contributed by atoms with E-state index in [1.165, 1.54) is 64.2 Å². The monoisotopic (exact) mass is 902 g/mol. The van der Waals surface area contributed by atoms with Crippen LogP contribution in [-0.2, 0) is 34.2 Å². The Kier molecular flexibility index (Phi) is 25.1. The van der Waals surface area contributed by atoms with Crippen LogP contribution < -0.4 is 20.5 Å². The molecule has 4 rings (SSSR count). The first-order chi connectivity index (χ1) is 31.7. The first-order valence-electron chi connectivity index (χ1n) is 24.4. The molecule has 0 saturated carbocycles. The van der Waals surface area contributed by atoms with Gasteiger partial charge >= 0.3 is 0 Å². The number of ether oxygens (including phenoxy) is 5. The van der Waals surface area contributed by atoms with Crippen LogP contribution in [0.25, 0.3) is 0 Å². The largest absolute Gasteiger partial charge is 0.497 e. The molecule has 0 bridgehead atoms. The van der Waals surface area contributed by atoms with Gasteiger partial charge in [0.05, 0.1) is 40.6 Å². The second-order valence-corrected chi connectivity index (χ2v) is 17.4. The molecule has 2 atom stereocenters.